The Morgan fingerprint density at radius 3 is 2.35 bits per heavy atom. The van der Waals surface area contributed by atoms with Crippen LogP contribution in [0.4, 0.5) is 5.82 Å². The van der Waals surface area contributed by atoms with E-state index < -0.39 is 0 Å². The third-order valence-corrected chi connectivity index (χ3v) is 4.49. The van der Waals surface area contributed by atoms with Crippen molar-refractivity contribution in [3.05, 3.63) is 38.6 Å². The molecule has 0 unspecified atom stereocenters. The Kier molecular flexibility index (Phi) is 4.62. The van der Waals surface area contributed by atoms with Crippen LogP contribution in [0.3, 0.4) is 0 Å². The molecular weight excluding hydrogens is 361 g/mol. The van der Waals surface area contributed by atoms with Gasteiger partial charge in [0.05, 0.1) is 9.26 Å². The molecule has 106 valence electrons. The quantitative estimate of drug-likeness (QED) is 0.794. The summed E-state index contributed by atoms with van der Waals surface area (Å²) in [6, 6.07) is 6.37. The van der Waals surface area contributed by atoms with Crippen LogP contribution < -0.4 is 5.32 Å². The largest absolute Gasteiger partial charge is 0.372 e. The minimum absolute atomic E-state index is 0.377. The van der Waals surface area contributed by atoms with Crippen LogP contribution in [-0.4, -0.2) is 17.0 Å². The Morgan fingerprint density at radius 2 is 1.80 bits per heavy atom. The van der Waals surface area contributed by atoms with E-state index in [2.05, 4.69) is 78.8 Å². The van der Waals surface area contributed by atoms with E-state index in [4.69, 9.17) is 4.98 Å². The maximum Gasteiger partial charge on any atom is 0.161 e. The average Bonchev–Trinajstić information content (AvgIpc) is 2.42. The Labute approximate surface area is 134 Å². The smallest absolute Gasteiger partial charge is 0.161 e. The Balaban J connectivity index is 2.61. The van der Waals surface area contributed by atoms with Crippen LogP contribution in [0.2, 0.25) is 0 Å². The summed E-state index contributed by atoms with van der Waals surface area (Å²) in [7, 11) is 1.90. The first-order valence-corrected chi connectivity index (χ1v) is 7.84. The summed E-state index contributed by atoms with van der Waals surface area (Å²) in [5, 5.41) is 3.17. The van der Waals surface area contributed by atoms with Gasteiger partial charge in [-0.15, -0.1) is 0 Å². The van der Waals surface area contributed by atoms with Crippen molar-refractivity contribution in [2.45, 2.75) is 33.6 Å². The zero-order valence-electron chi connectivity index (χ0n) is 12.6. The van der Waals surface area contributed by atoms with Crippen LogP contribution in [0.5, 0.6) is 0 Å². The predicted molar refractivity (Wildman–Crippen MR) is 93.3 cm³/mol. The van der Waals surface area contributed by atoms with Gasteiger partial charge in [-0.25, -0.2) is 9.97 Å². The van der Waals surface area contributed by atoms with E-state index >= 15 is 0 Å². The molecule has 0 bridgehead atoms. The number of benzene rings is 1. The van der Waals surface area contributed by atoms with Crippen molar-refractivity contribution in [1.82, 2.24) is 9.97 Å². The zero-order valence-corrected chi connectivity index (χ0v) is 14.7. The van der Waals surface area contributed by atoms with Crippen molar-refractivity contribution >= 4 is 28.4 Å². The fourth-order valence-corrected chi connectivity index (χ4v) is 3.16. The van der Waals surface area contributed by atoms with E-state index in [0.717, 1.165) is 26.5 Å². The molecule has 20 heavy (non-hydrogen) atoms. The summed E-state index contributed by atoms with van der Waals surface area (Å²) in [5.41, 5.74) is 4.72. The van der Waals surface area contributed by atoms with E-state index in [1.807, 2.05) is 7.05 Å². The molecule has 0 saturated carbocycles. The van der Waals surface area contributed by atoms with Crippen LogP contribution in [0, 0.1) is 17.4 Å². The molecule has 1 aromatic carbocycles. The number of halogens is 1. The van der Waals surface area contributed by atoms with Gasteiger partial charge in [-0.05, 0) is 59.5 Å². The van der Waals surface area contributed by atoms with Gasteiger partial charge in [0.1, 0.15) is 5.82 Å². The van der Waals surface area contributed by atoms with Gasteiger partial charge in [0, 0.05) is 12.6 Å². The van der Waals surface area contributed by atoms with E-state index in [1.54, 1.807) is 0 Å². The number of hydrogen-bond acceptors (Lipinski definition) is 3. The van der Waals surface area contributed by atoms with E-state index in [0.29, 0.717) is 5.92 Å². The van der Waals surface area contributed by atoms with Crippen LogP contribution in [0.15, 0.2) is 18.2 Å². The van der Waals surface area contributed by atoms with Crippen LogP contribution in [0.25, 0.3) is 11.4 Å². The number of hydrogen-bond donors (Lipinski definition) is 1. The second-order valence-electron chi connectivity index (χ2n) is 5.30. The van der Waals surface area contributed by atoms with E-state index in [1.165, 1.54) is 11.1 Å². The van der Waals surface area contributed by atoms with Crippen molar-refractivity contribution in [2.24, 2.45) is 0 Å². The number of anilines is 1. The molecule has 1 aromatic heterocycles. The summed E-state index contributed by atoms with van der Waals surface area (Å²) in [6.45, 7) is 8.56. The molecule has 0 fully saturated rings. The second-order valence-corrected chi connectivity index (χ2v) is 6.38. The van der Waals surface area contributed by atoms with Gasteiger partial charge in [0.25, 0.3) is 0 Å². The Hall–Kier alpha value is -1.17. The van der Waals surface area contributed by atoms with E-state index in [-0.39, 0.29) is 0 Å². The lowest BCUT2D eigenvalue weighted by atomic mass is 10.1. The number of nitrogens with one attached hydrogen (secondary N) is 1. The summed E-state index contributed by atoms with van der Waals surface area (Å²) in [5.74, 6) is 2.07. The first-order chi connectivity index (χ1) is 9.43. The molecule has 1 N–H and O–H groups in total. The topological polar surface area (TPSA) is 37.8 Å². The summed E-state index contributed by atoms with van der Waals surface area (Å²) >= 11 is 2.32. The maximum absolute atomic E-state index is 4.76. The van der Waals surface area contributed by atoms with Gasteiger partial charge in [0.2, 0.25) is 0 Å². The fourth-order valence-electron chi connectivity index (χ4n) is 2.02. The van der Waals surface area contributed by atoms with Gasteiger partial charge in [0.15, 0.2) is 5.82 Å². The highest BCUT2D eigenvalue weighted by Gasteiger charge is 2.15. The molecule has 2 aromatic rings. The minimum atomic E-state index is 0.377. The van der Waals surface area contributed by atoms with Crippen molar-refractivity contribution in [2.75, 3.05) is 12.4 Å². The van der Waals surface area contributed by atoms with Gasteiger partial charge >= 0.3 is 0 Å². The highest BCUT2D eigenvalue weighted by Crippen LogP contribution is 2.28. The summed E-state index contributed by atoms with van der Waals surface area (Å²) < 4.78 is 1.10. The minimum Gasteiger partial charge on any atom is -0.372 e. The molecule has 0 aliphatic rings. The lowest BCUT2D eigenvalue weighted by Crippen LogP contribution is -2.06. The highest BCUT2D eigenvalue weighted by molar-refractivity contribution is 14.1. The highest BCUT2D eigenvalue weighted by atomic mass is 127. The van der Waals surface area contributed by atoms with Gasteiger partial charge in [-0.2, -0.15) is 0 Å². The molecule has 0 aliphatic carbocycles. The molecule has 2 rings (SSSR count). The standard InChI is InChI=1S/C16H20IN3/c1-9(2)14-13(17)16(18-5)20-15(19-14)12-7-6-10(3)11(4)8-12/h6-9H,1-5H3,(H,18,19,20). The molecule has 0 aliphatic heterocycles. The van der Waals surface area contributed by atoms with Crippen molar-refractivity contribution in [3.63, 3.8) is 0 Å². The van der Waals surface area contributed by atoms with Crippen molar-refractivity contribution in [1.29, 1.82) is 0 Å². The molecular formula is C16H20IN3. The average molecular weight is 381 g/mol. The number of rotatable bonds is 3. The monoisotopic (exact) mass is 381 g/mol. The SMILES string of the molecule is CNc1nc(-c2ccc(C)c(C)c2)nc(C(C)C)c1I. The third kappa shape index (κ3) is 2.95. The number of aromatic nitrogens is 2. The van der Waals surface area contributed by atoms with Crippen molar-refractivity contribution in [3.8, 4) is 11.4 Å². The molecule has 0 amide bonds. The zero-order chi connectivity index (χ0) is 14.9. The molecule has 0 atom stereocenters. The van der Waals surface area contributed by atoms with E-state index in [9.17, 15) is 0 Å². The number of nitrogens with zero attached hydrogens (tertiary/aromatic N) is 2. The second kappa shape index (κ2) is 6.08. The molecule has 0 radical (unpaired) electrons. The number of aryl methyl sites for hydroxylation is 2. The Bertz CT molecular complexity index is 636. The lowest BCUT2D eigenvalue weighted by Gasteiger charge is -2.14. The molecule has 1 heterocycles. The van der Waals surface area contributed by atoms with Crippen molar-refractivity contribution < 1.29 is 0 Å². The molecule has 0 saturated heterocycles. The van der Waals surface area contributed by atoms with Gasteiger partial charge in [-0.1, -0.05) is 26.0 Å². The first-order valence-electron chi connectivity index (χ1n) is 6.76. The molecule has 4 heteroatoms. The maximum atomic E-state index is 4.76. The first kappa shape index (κ1) is 15.2. The molecule has 0 spiro atoms. The third-order valence-electron chi connectivity index (χ3n) is 3.43. The Morgan fingerprint density at radius 1 is 1.10 bits per heavy atom. The van der Waals surface area contributed by atoms with Gasteiger partial charge in [-0.3, -0.25) is 0 Å². The van der Waals surface area contributed by atoms with Crippen LogP contribution >= 0.6 is 22.6 Å². The predicted octanol–water partition coefficient (Wildman–Crippen LogP) is 4.53. The molecule has 3 nitrogen and oxygen atoms in total. The van der Waals surface area contributed by atoms with Gasteiger partial charge < -0.3 is 5.32 Å². The fraction of sp³-hybridized carbons (Fsp3) is 0.375. The normalized spacial score (nSPS) is 10.9. The van der Waals surface area contributed by atoms with Crippen LogP contribution in [0.1, 0.15) is 36.6 Å². The summed E-state index contributed by atoms with van der Waals surface area (Å²) in [6.07, 6.45) is 0. The summed E-state index contributed by atoms with van der Waals surface area (Å²) in [4.78, 5) is 9.41. The van der Waals surface area contributed by atoms with Crippen LogP contribution in [-0.2, 0) is 0 Å². The lowest BCUT2D eigenvalue weighted by molar-refractivity contribution is 0.809.